The van der Waals surface area contributed by atoms with E-state index in [0.29, 0.717) is 26.2 Å². The van der Waals surface area contributed by atoms with Crippen molar-refractivity contribution in [2.24, 2.45) is 0 Å². The van der Waals surface area contributed by atoms with Gasteiger partial charge in [0.1, 0.15) is 5.75 Å². The summed E-state index contributed by atoms with van der Waals surface area (Å²) in [5.74, 6) is 0.501. The summed E-state index contributed by atoms with van der Waals surface area (Å²) in [7, 11) is 1.61. The second-order valence-corrected chi connectivity index (χ2v) is 8.17. The van der Waals surface area contributed by atoms with Gasteiger partial charge >= 0.3 is 0 Å². The van der Waals surface area contributed by atoms with Crippen LogP contribution in [0.4, 0.5) is 0 Å². The highest BCUT2D eigenvalue weighted by molar-refractivity contribution is 5.88. The van der Waals surface area contributed by atoms with Crippen LogP contribution in [0.3, 0.4) is 0 Å². The molecule has 0 aliphatic carbocycles. The minimum Gasteiger partial charge on any atom is -0.497 e. The van der Waals surface area contributed by atoms with E-state index in [0.717, 1.165) is 22.4 Å². The van der Waals surface area contributed by atoms with Crippen LogP contribution in [0.2, 0.25) is 0 Å². The molecule has 0 aromatic heterocycles. The van der Waals surface area contributed by atoms with Gasteiger partial charge in [0.05, 0.1) is 19.6 Å². The molecule has 1 aliphatic heterocycles. The zero-order valence-corrected chi connectivity index (χ0v) is 18.8. The van der Waals surface area contributed by atoms with Gasteiger partial charge in [-0.1, -0.05) is 66.7 Å². The SMILES string of the molecule is COc1cccc(CNC(=O)C[C@@H]2C(=O)NCCN2Cc2ccc(-c3ccccc3)cc2)c1. The fraction of sp³-hybridized carbons (Fsp3) is 0.259. The molecule has 3 aromatic carbocycles. The summed E-state index contributed by atoms with van der Waals surface area (Å²) in [6, 6.07) is 25.7. The van der Waals surface area contributed by atoms with Crippen molar-refractivity contribution in [3.8, 4) is 16.9 Å². The summed E-state index contributed by atoms with van der Waals surface area (Å²) in [5.41, 5.74) is 4.40. The van der Waals surface area contributed by atoms with Gasteiger partial charge in [0.25, 0.3) is 0 Å². The molecule has 0 unspecified atom stereocenters. The number of ether oxygens (including phenoxy) is 1. The Bertz CT molecular complexity index is 1080. The number of hydrogen-bond donors (Lipinski definition) is 2. The van der Waals surface area contributed by atoms with Crippen LogP contribution in [0.25, 0.3) is 11.1 Å². The molecule has 1 saturated heterocycles. The highest BCUT2D eigenvalue weighted by Crippen LogP contribution is 2.21. The monoisotopic (exact) mass is 443 g/mol. The molecule has 0 bridgehead atoms. The third-order valence-electron chi connectivity index (χ3n) is 5.89. The van der Waals surface area contributed by atoms with E-state index in [-0.39, 0.29) is 18.2 Å². The maximum absolute atomic E-state index is 12.6. The number of hydrogen-bond acceptors (Lipinski definition) is 4. The maximum atomic E-state index is 12.6. The highest BCUT2D eigenvalue weighted by atomic mass is 16.5. The highest BCUT2D eigenvalue weighted by Gasteiger charge is 2.31. The summed E-state index contributed by atoms with van der Waals surface area (Å²) in [6.45, 7) is 2.31. The summed E-state index contributed by atoms with van der Waals surface area (Å²) in [5, 5.41) is 5.82. The van der Waals surface area contributed by atoms with Crippen molar-refractivity contribution in [1.29, 1.82) is 0 Å². The van der Waals surface area contributed by atoms with Gasteiger partial charge in [-0.2, -0.15) is 0 Å². The van der Waals surface area contributed by atoms with Gasteiger partial charge in [0.15, 0.2) is 0 Å². The lowest BCUT2D eigenvalue weighted by atomic mass is 10.0. The van der Waals surface area contributed by atoms with E-state index in [2.05, 4.69) is 51.9 Å². The second kappa shape index (κ2) is 10.8. The number of carbonyl (C=O) groups excluding carboxylic acids is 2. The zero-order chi connectivity index (χ0) is 23.0. The van der Waals surface area contributed by atoms with Crippen LogP contribution >= 0.6 is 0 Å². The van der Waals surface area contributed by atoms with Crippen molar-refractivity contribution in [3.63, 3.8) is 0 Å². The van der Waals surface area contributed by atoms with E-state index in [1.54, 1.807) is 7.11 Å². The molecule has 2 amide bonds. The summed E-state index contributed by atoms with van der Waals surface area (Å²) in [6.07, 6.45) is 0.123. The molecule has 1 aliphatic rings. The van der Waals surface area contributed by atoms with Crippen molar-refractivity contribution >= 4 is 11.8 Å². The second-order valence-electron chi connectivity index (χ2n) is 8.17. The van der Waals surface area contributed by atoms with Gasteiger partial charge in [-0.3, -0.25) is 14.5 Å². The number of carbonyl (C=O) groups is 2. The maximum Gasteiger partial charge on any atom is 0.237 e. The fourth-order valence-electron chi connectivity index (χ4n) is 4.07. The lowest BCUT2D eigenvalue weighted by Gasteiger charge is -2.34. The van der Waals surface area contributed by atoms with Crippen molar-refractivity contribution in [3.05, 3.63) is 90.0 Å². The minimum atomic E-state index is -0.488. The Labute approximate surface area is 194 Å². The first-order chi connectivity index (χ1) is 16.1. The average Bonchev–Trinajstić information content (AvgIpc) is 2.86. The van der Waals surface area contributed by atoms with Gasteiger partial charge in [-0.15, -0.1) is 0 Å². The molecule has 1 heterocycles. The quantitative estimate of drug-likeness (QED) is 0.560. The molecule has 6 heteroatoms. The first-order valence-corrected chi connectivity index (χ1v) is 11.2. The lowest BCUT2D eigenvalue weighted by molar-refractivity contribution is -0.134. The summed E-state index contributed by atoms with van der Waals surface area (Å²) < 4.78 is 5.23. The molecule has 6 nitrogen and oxygen atoms in total. The molecule has 1 atom stereocenters. The van der Waals surface area contributed by atoms with Crippen LogP contribution < -0.4 is 15.4 Å². The molecular weight excluding hydrogens is 414 g/mol. The topological polar surface area (TPSA) is 70.7 Å². The molecule has 1 fully saturated rings. The van der Waals surface area contributed by atoms with Crippen LogP contribution in [-0.4, -0.2) is 43.0 Å². The molecule has 0 saturated carbocycles. The van der Waals surface area contributed by atoms with E-state index in [1.165, 1.54) is 5.56 Å². The lowest BCUT2D eigenvalue weighted by Crippen LogP contribution is -2.56. The van der Waals surface area contributed by atoms with Gasteiger partial charge in [-0.25, -0.2) is 0 Å². The number of nitrogens with zero attached hydrogens (tertiary/aromatic N) is 1. The van der Waals surface area contributed by atoms with Gasteiger partial charge < -0.3 is 15.4 Å². The summed E-state index contributed by atoms with van der Waals surface area (Å²) in [4.78, 5) is 27.3. The van der Waals surface area contributed by atoms with Crippen molar-refractivity contribution in [2.75, 3.05) is 20.2 Å². The molecule has 0 spiro atoms. The van der Waals surface area contributed by atoms with Crippen LogP contribution in [-0.2, 0) is 22.7 Å². The molecular formula is C27H29N3O3. The first-order valence-electron chi connectivity index (χ1n) is 11.2. The molecule has 0 radical (unpaired) electrons. The van der Waals surface area contributed by atoms with Crippen LogP contribution in [0.5, 0.6) is 5.75 Å². The van der Waals surface area contributed by atoms with Crippen molar-refractivity contribution < 1.29 is 14.3 Å². The standard InChI is InChI=1S/C27H29N3O3/c1-33-24-9-5-6-21(16-24)18-29-26(31)17-25-27(32)28-14-15-30(25)19-20-10-12-23(13-11-20)22-7-3-2-4-8-22/h2-13,16,25H,14-15,17-19H2,1H3,(H,28,32)(H,29,31)/t25-/m1/s1. The summed E-state index contributed by atoms with van der Waals surface area (Å²) >= 11 is 0. The molecule has 170 valence electrons. The van der Waals surface area contributed by atoms with Gasteiger partial charge in [0.2, 0.25) is 11.8 Å². The molecule has 33 heavy (non-hydrogen) atoms. The normalized spacial score (nSPS) is 16.2. The number of benzene rings is 3. The molecule has 4 rings (SSSR count). The Morgan fingerprint density at radius 3 is 2.52 bits per heavy atom. The minimum absolute atomic E-state index is 0.0984. The predicted molar refractivity (Wildman–Crippen MR) is 129 cm³/mol. The Kier molecular flexibility index (Phi) is 7.37. The fourth-order valence-corrected chi connectivity index (χ4v) is 4.07. The Morgan fingerprint density at radius 1 is 1.00 bits per heavy atom. The van der Waals surface area contributed by atoms with E-state index < -0.39 is 6.04 Å². The third-order valence-corrected chi connectivity index (χ3v) is 5.89. The average molecular weight is 444 g/mol. The molecule has 2 N–H and O–H groups in total. The number of amides is 2. The van der Waals surface area contributed by atoms with E-state index in [4.69, 9.17) is 4.74 Å². The van der Waals surface area contributed by atoms with Crippen LogP contribution in [0.1, 0.15) is 17.5 Å². The smallest absolute Gasteiger partial charge is 0.237 e. The Morgan fingerprint density at radius 2 is 1.76 bits per heavy atom. The zero-order valence-electron chi connectivity index (χ0n) is 18.8. The Balaban J connectivity index is 1.37. The van der Waals surface area contributed by atoms with Crippen LogP contribution in [0, 0.1) is 0 Å². The van der Waals surface area contributed by atoms with E-state index in [1.807, 2.05) is 42.5 Å². The predicted octanol–water partition coefficient (Wildman–Crippen LogP) is 3.37. The number of methoxy groups -OCH3 is 1. The number of rotatable bonds is 8. The van der Waals surface area contributed by atoms with Crippen molar-refractivity contribution in [1.82, 2.24) is 15.5 Å². The third kappa shape index (κ3) is 5.99. The number of piperazine rings is 1. The van der Waals surface area contributed by atoms with Gasteiger partial charge in [-0.05, 0) is 34.4 Å². The largest absolute Gasteiger partial charge is 0.497 e. The van der Waals surface area contributed by atoms with E-state index in [9.17, 15) is 9.59 Å². The number of nitrogens with one attached hydrogen (secondary N) is 2. The van der Waals surface area contributed by atoms with Gasteiger partial charge in [0, 0.05) is 26.2 Å². The van der Waals surface area contributed by atoms with Crippen LogP contribution in [0.15, 0.2) is 78.9 Å². The first kappa shape index (κ1) is 22.6. The van der Waals surface area contributed by atoms with Crippen molar-refractivity contribution in [2.45, 2.75) is 25.6 Å². The Hall–Kier alpha value is -3.64. The van der Waals surface area contributed by atoms with E-state index >= 15 is 0 Å². The molecule has 3 aromatic rings.